The SMILES string of the molecule is CCCCC(CC)COC(=O)CCNC(C)C. The number of hydrogen-bond acceptors (Lipinski definition) is 3. The lowest BCUT2D eigenvalue weighted by Gasteiger charge is -2.15. The van der Waals surface area contributed by atoms with Crippen LogP contribution in [0.1, 0.15) is 59.8 Å². The highest BCUT2D eigenvalue weighted by Gasteiger charge is 2.09. The Balaban J connectivity index is 3.58. The van der Waals surface area contributed by atoms with Crippen LogP contribution >= 0.6 is 0 Å². The van der Waals surface area contributed by atoms with Crippen LogP contribution in [0.5, 0.6) is 0 Å². The minimum atomic E-state index is -0.0758. The Morgan fingerprint density at radius 3 is 2.53 bits per heavy atom. The lowest BCUT2D eigenvalue weighted by molar-refractivity contribution is -0.145. The second kappa shape index (κ2) is 10.6. The smallest absolute Gasteiger partial charge is 0.307 e. The summed E-state index contributed by atoms with van der Waals surface area (Å²) in [5.41, 5.74) is 0. The second-order valence-corrected chi connectivity index (χ2v) is 4.96. The topological polar surface area (TPSA) is 38.3 Å². The van der Waals surface area contributed by atoms with Crippen molar-refractivity contribution in [3.05, 3.63) is 0 Å². The number of esters is 1. The quantitative estimate of drug-likeness (QED) is 0.599. The molecule has 0 aromatic heterocycles. The molecule has 1 N–H and O–H groups in total. The van der Waals surface area contributed by atoms with E-state index in [2.05, 4.69) is 33.0 Å². The number of carbonyl (C=O) groups excluding carboxylic acids is 1. The summed E-state index contributed by atoms with van der Waals surface area (Å²) in [6, 6.07) is 0.427. The summed E-state index contributed by atoms with van der Waals surface area (Å²) in [6.45, 7) is 9.80. The average molecular weight is 243 g/mol. The molecule has 1 unspecified atom stereocenters. The van der Waals surface area contributed by atoms with Crippen molar-refractivity contribution in [3.63, 3.8) is 0 Å². The van der Waals surface area contributed by atoms with Crippen LogP contribution in [0, 0.1) is 5.92 Å². The molecule has 1 atom stereocenters. The lowest BCUT2D eigenvalue weighted by atomic mass is 10.0. The Morgan fingerprint density at radius 1 is 1.29 bits per heavy atom. The highest BCUT2D eigenvalue weighted by molar-refractivity contribution is 5.69. The van der Waals surface area contributed by atoms with Gasteiger partial charge in [-0.3, -0.25) is 4.79 Å². The zero-order chi connectivity index (χ0) is 13.1. The van der Waals surface area contributed by atoms with Crippen molar-refractivity contribution < 1.29 is 9.53 Å². The number of unbranched alkanes of at least 4 members (excludes halogenated alkanes) is 1. The van der Waals surface area contributed by atoms with Gasteiger partial charge in [-0.15, -0.1) is 0 Å². The highest BCUT2D eigenvalue weighted by atomic mass is 16.5. The normalized spacial score (nSPS) is 12.8. The number of rotatable bonds is 10. The van der Waals surface area contributed by atoms with Crippen LogP contribution in [0.15, 0.2) is 0 Å². The number of hydrogen-bond donors (Lipinski definition) is 1. The molecular formula is C14H29NO2. The molecule has 0 spiro atoms. The van der Waals surface area contributed by atoms with Gasteiger partial charge in [0.2, 0.25) is 0 Å². The van der Waals surface area contributed by atoms with E-state index in [9.17, 15) is 4.79 Å². The van der Waals surface area contributed by atoms with E-state index < -0.39 is 0 Å². The summed E-state index contributed by atoms with van der Waals surface area (Å²) in [5.74, 6) is 0.463. The van der Waals surface area contributed by atoms with Gasteiger partial charge in [0.1, 0.15) is 0 Å². The number of nitrogens with one attached hydrogen (secondary N) is 1. The third kappa shape index (κ3) is 10.3. The van der Waals surface area contributed by atoms with Crippen LogP contribution in [0.2, 0.25) is 0 Å². The first-order chi connectivity index (χ1) is 8.10. The van der Waals surface area contributed by atoms with Crippen molar-refractivity contribution in [3.8, 4) is 0 Å². The van der Waals surface area contributed by atoms with Gasteiger partial charge in [0.05, 0.1) is 13.0 Å². The molecular weight excluding hydrogens is 214 g/mol. The fourth-order valence-corrected chi connectivity index (χ4v) is 1.64. The maximum absolute atomic E-state index is 11.5. The van der Waals surface area contributed by atoms with E-state index in [1.165, 1.54) is 19.3 Å². The van der Waals surface area contributed by atoms with Crippen molar-refractivity contribution >= 4 is 5.97 Å². The molecule has 0 amide bonds. The molecule has 0 bridgehead atoms. The molecule has 0 aliphatic rings. The minimum absolute atomic E-state index is 0.0758. The Kier molecular flexibility index (Phi) is 10.2. The van der Waals surface area contributed by atoms with Crippen LogP contribution < -0.4 is 5.32 Å². The number of carbonyl (C=O) groups is 1. The van der Waals surface area contributed by atoms with Crippen LogP contribution in [0.3, 0.4) is 0 Å². The molecule has 0 aliphatic heterocycles. The van der Waals surface area contributed by atoms with Gasteiger partial charge in [0.25, 0.3) is 0 Å². The molecule has 0 radical (unpaired) electrons. The molecule has 3 heteroatoms. The number of ether oxygens (including phenoxy) is 1. The molecule has 3 nitrogen and oxygen atoms in total. The monoisotopic (exact) mass is 243 g/mol. The van der Waals surface area contributed by atoms with E-state index in [0.717, 1.165) is 6.42 Å². The van der Waals surface area contributed by atoms with E-state index >= 15 is 0 Å². The maximum atomic E-state index is 11.5. The molecule has 0 aromatic rings. The van der Waals surface area contributed by atoms with E-state index in [-0.39, 0.29) is 5.97 Å². The van der Waals surface area contributed by atoms with E-state index in [1.54, 1.807) is 0 Å². The van der Waals surface area contributed by atoms with E-state index in [4.69, 9.17) is 4.74 Å². The van der Waals surface area contributed by atoms with Crippen molar-refractivity contribution in [2.24, 2.45) is 5.92 Å². The first-order valence-electron chi connectivity index (χ1n) is 6.99. The zero-order valence-corrected chi connectivity index (χ0v) is 11.9. The Bertz CT molecular complexity index is 193. The standard InChI is InChI=1S/C14H29NO2/c1-5-7-8-13(6-2)11-17-14(16)9-10-15-12(3)4/h12-13,15H,5-11H2,1-4H3. The van der Waals surface area contributed by atoms with Crippen LogP contribution in [0.25, 0.3) is 0 Å². The Morgan fingerprint density at radius 2 is 2.00 bits per heavy atom. The zero-order valence-electron chi connectivity index (χ0n) is 11.9. The highest BCUT2D eigenvalue weighted by Crippen LogP contribution is 2.12. The lowest BCUT2D eigenvalue weighted by Crippen LogP contribution is -2.26. The molecule has 102 valence electrons. The molecule has 0 aromatic carbocycles. The van der Waals surface area contributed by atoms with Crippen molar-refractivity contribution in [2.75, 3.05) is 13.2 Å². The minimum Gasteiger partial charge on any atom is -0.465 e. The first-order valence-corrected chi connectivity index (χ1v) is 6.99. The van der Waals surface area contributed by atoms with Gasteiger partial charge in [0.15, 0.2) is 0 Å². The largest absolute Gasteiger partial charge is 0.465 e. The Labute approximate surface area is 106 Å². The summed E-state index contributed by atoms with van der Waals surface area (Å²) in [6.07, 6.45) is 5.18. The van der Waals surface area contributed by atoms with E-state index in [0.29, 0.717) is 31.5 Å². The fraction of sp³-hybridized carbons (Fsp3) is 0.929. The third-order valence-corrected chi connectivity index (χ3v) is 2.91. The van der Waals surface area contributed by atoms with Crippen LogP contribution in [0.4, 0.5) is 0 Å². The fourth-order valence-electron chi connectivity index (χ4n) is 1.64. The van der Waals surface area contributed by atoms with Gasteiger partial charge in [-0.2, -0.15) is 0 Å². The molecule has 0 saturated carbocycles. The predicted molar refractivity (Wildman–Crippen MR) is 72.0 cm³/mol. The molecule has 0 aliphatic carbocycles. The Hall–Kier alpha value is -0.570. The molecule has 0 fully saturated rings. The summed E-state index contributed by atoms with van der Waals surface area (Å²) in [5, 5.41) is 3.21. The predicted octanol–water partition coefficient (Wildman–Crippen LogP) is 3.13. The van der Waals surface area contributed by atoms with Crippen LogP contribution in [-0.2, 0) is 9.53 Å². The van der Waals surface area contributed by atoms with Gasteiger partial charge in [-0.1, -0.05) is 47.0 Å². The van der Waals surface area contributed by atoms with Gasteiger partial charge in [-0.25, -0.2) is 0 Å². The average Bonchev–Trinajstić information content (AvgIpc) is 2.29. The maximum Gasteiger partial charge on any atom is 0.307 e. The van der Waals surface area contributed by atoms with Crippen molar-refractivity contribution in [1.29, 1.82) is 0 Å². The van der Waals surface area contributed by atoms with E-state index in [1.807, 2.05) is 0 Å². The molecule has 0 saturated heterocycles. The van der Waals surface area contributed by atoms with Crippen molar-refractivity contribution in [1.82, 2.24) is 5.32 Å². The molecule has 17 heavy (non-hydrogen) atoms. The second-order valence-electron chi connectivity index (χ2n) is 4.96. The van der Waals surface area contributed by atoms with Gasteiger partial charge < -0.3 is 10.1 Å². The summed E-state index contributed by atoms with van der Waals surface area (Å²) in [4.78, 5) is 11.5. The molecule has 0 heterocycles. The van der Waals surface area contributed by atoms with Gasteiger partial charge in [-0.05, 0) is 12.3 Å². The van der Waals surface area contributed by atoms with Crippen LogP contribution in [-0.4, -0.2) is 25.2 Å². The molecule has 0 rings (SSSR count). The summed E-state index contributed by atoms with van der Waals surface area (Å²) >= 11 is 0. The van der Waals surface area contributed by atoms with Gasteiger partial charge >= 0.3 is 5.97 Å². The summed E-state index contributed by atoms with van der Waals surface area (Å²) < 4.78 is 5.29. The first kappa shape index (κ1) is 16.4. The third-order valence-electron chi connectivity index (χ3n) is 2.91. The summed E-state index contributed by atoms with van der Waals surface area (Å²) in [7, 11) is 0. The van der Waals surface area contributed by atoms with Crippen molar-refractivity contribution in [2.45, 2.75) is 65.8 Å². The van der Waals surface area contributed by atoms with Gasteiger partial charge in [0, 0.05) is 12.6 Å².